The second-order valence-corrected chi connectivity index (χ2v) is 4.80. The lowest BCUT2D eigenvalue weighted by Crippen LogP contribution is -2.51. The van der Waals surface area contributed by atoms with E-state index >= 15 is 0 Å². The molecular formula is C9H15NO2S. The van der Waals surface area contributed by atoms with E-state index in [2.05, 4.69) is 5.32 Å². The van der Waals surface area contributed by atoms with E-state index in [0.29, 0.717) is 6.04 Å². The summed E-state index contributed by atoms with van der Waals surface area (Å²) in [5.41, 5.74) is 0. The number of hydrogen-bond donors (Lipinski definition) is 1. The molecule has 13 heavy (non-hydrogen) atoms. The topological polar surface area (TPSA) is 38.3 Å². The van der Waals surface area contributed by atoms with Crippen LogP contribution >= 0.6 is 11.8 Å². The second-order valence-electron chi connectivity index (χ2n) is 3.72. The molecule has 1 aliphatic carbocycles. The van der Waals surface area contributed by atoms with Crippen molar-refractivity contribution in [2.75, 3.05) is 18.6 Å². The number of carbonyl (C=O) groups is 1. The third-order valence-corrected chi connectivity index (χ3v) is 3.84. The first-order chi connectivity index (χ1) is 6.31. The monoisotopic (exact) mass is 201 g/mol. The molecule has 0 aromatic carbocycles. The molecular weight excluding hydrogens is 186 g/mol. The average molecular weight is 201 g/mol. The molecule has 1 saturated carbocycles. The number of methoxy groups -OCH3 is 1. The normalized spacial score (nSPS) is 34.2. The van der Waals surface area contributed by atoms with Crippen molar-refractivity contribution >= 4 is 17.7 Å². The standard InChI is InChI=1S/C9H15NO2S/c1-12-9(11)8-5-13-4-7(10-8)6-2-3-6/h6-8,10H,2-5H2,1H3. The highest BCUT2D eigenvalue weighted by molar-refractivity contribution is 7.99. The molecule has 1 N–H and O–H groups in total. The second kappa shape index (κ2) is 3.88. The maximum absolute atomic E-state index is 11.3. The zero-order chi connectivity index (χ0) is 9.26. The summed E-state index contributed by atoms with van der Waals surface area (Å²) >= 11 is 1.86. The zero-order valence-corrected chi connectivity index (χ0v) is 8.60. The molecule has 4 heteroatoms. The minimum absolute atomic E-state index is 0.0747. The van der Waals surface area contributed by atoms with Crippen LogP contribution in [-0.2, 0) is 9.53 Å². The predicted molar refractivity (Wildman–Crippen MR) is 52.8 cm³/mol. The van der Waals surface area contributed by atoms with Crippen LogP contribution in [0.15, 0.2) is 0 Å². The van der Waals surface area contributed by atoms with Crippen LogP contribution in [0.3, 0.4) is 0 Å². The highest BCUT2D eigenvalue weighted by Gasteiger charge is 2.36. The van der Waals surface area contributed by atoms with Gasteiger partial charge >= 0.3 is 5.97 Å². The molecule has 1 heterocycles. The summed E-state index contributed by atoms with van der Waals surface area (Å²) in [5, 5.41) is 3.37. The zero-order valence-electron chi connectivity index (χ0n) is 7.79. The lowest BCUT2D eigenvalue weighted by Gasteiger charge is -2.28. The molecule has 3 nitrogen and oxygen atoms in total. The summed E-state index contributed by atoms with van der Waals surface area (Å²) in [6.07, 6.45) is 2.65. The van der Waals surface area contributed by atoms with Crippen molar-refractivity contribution in [3.8, 4) is 0 Å². The third-order valence-electron chi connectivity index (χ3n) is 2.67. The largest absolute Gasteiger partial charge is 0.468 e. The van der Waals surface area contributed by atoms with Crippen LogP contribution in [0, 0.1) is 5.92 Å². The van der Waals surface area contributed by atoms with Gasteiger partial charge in [0.25, 0.3) is 0 Å². The Kier molecular flexibility index (Phi) is 2.79. The Labute approximate surface area is 82.6 Å². The van der Waals surface area contributed by atoms with Gasteiger partial charge in [-0.05, 0) is 18.8 Å². The summed E-state index contributed by atoms with van der Waals surface area (Å²) in [6.45, 7) is 0. The number of thioether (sulfide) groups is 1. The Morgan fingerprint density at radius 1 is 1.46 bits per heavy atom. The highest BCUT2D eigenvalue weighted by Crippen LogP contribution is 2.35. The van der Waals surface area contributed by atoms with Gasteiger partial charge in [-0.15, -0.1) is 0 Å². The van der Waals surface area contributed by atoms with E-state index in [1.165, 1.54) is 20.0 Å². The fraction of sp³-hybridized carbons (Fsp3) is 0.889. The van der Waals surface area contributed by atoms with Crippen LogP contribution in [-0.4, -0.2) is 36.7 Å². The molecule has 0 radical (unpaired) electrons. The maximum Gasteiger partial charge on any atom is 0.323 e. The molecule has 1 saturated heterocycles. The molecule has 2 unspecified atom stereocenters. The highest BCUT2D eigenvalue weighted by atomic mass is 32.2. The number of hydrogen-bond acceptors (Lipinski definition) is 4. The minimum Gasteiger partial charge on any atom is -0.468 e. The van der Waals surface area contributed by atoms with Gasteiger partial charge in [-0.3, -0.25) is 10.1 Å². The Balaban J connectivity index is 1.87. The number of nitrogens with one attached hydrogen (secondary N) is 1. The van der Waals surface area contributed by atoms with Crippen molar-refractivity contribution in [1.29, 1.82) is 0 Å². The van der Waals surface area contributed by atoms with Gasteiger partial charge in [0, 0.05) is 17.5 Å². The Morgan fingerprint density at radius 2 is 2.23 bits per heavy atom. The number of carbonyl (C=O) groups excluding carboxylic acids is 1. The van der Waals surface area contributed by atoms with Gasteiger partial charge in [0.15, 0.2) is 0 Å². The molecule has 0 bridgehead atoms. The van der Waals surface area contributed by atoms with Crippen LogP contribution in [0.5, 0.6) is 0 Å². The Bertz CT molecular complexity index is 206. The van der Waals surface area contributed by atoms with Gasteiger partial charge in [0.05, 0.1) is 7.11 Å². The molecule has 0 aromatic rings. The van der Waals surface area contributed by atoms with Crippen molar-refractivity contribution in [3.05, 3.63) is 0 Å². The van der Waals surface area contributed by atoms with E-state index in [1.807, 2.05) is 11.8 Å². The Morgan fingerprint density at radius 3 is 2.85 bits per heavy atom. The van der Waals surface area contributed by atoms with E-state index in [9.17, 15) is 4.79 Å². The minimum atomic E-state index is -0.113. The average Bonchev–Trinajstić information content (AvgIpc) is 3.00. The molecule has 2 aliphatic rings. The van der Waals surface area contributed by atoms with Crippen molar-refractivity contribution in [2.45, 2.75) is 24.9 Å². The van der Waals surface area contributed by atoms with E-state index in [4.69, 9.17) is 4.74 Å². The first-order valence-electron chi connectivity index (χ1n) is 4.73. The van der Waals surface area contributed by atoms with Crippen LogP contribution in [0.25, 0.3) is 0 Å². The van der Waals surface area contributed by atoms with Crippen molar-refractivity contribution in [2.24, 2.45) is 5.92 Å². The number of esters is 1. The fourth-order valence-electron chi connectivity index (χ4n) is 1.72. The summed E-state index contributed by atoms with van der Waals surface area (Å²) < 4.78 is 4.72. The molecule has 0 amide bonds. The maximum atomic E-state index is 11.3. The summed E-state index contributed by atoms with van der Waals surface area (Å²) in [6, 6.07) is 0.470. The lowest BCUT2D eigenvalue weighted by atomic mass is 10.2. The molecule has 74 valence electrons. The number of rotatable bonds is 2. The molecule has 2 fully saturated rings. The smallest absolute Gasteiger partial charge is 0.323 e. The lowest BCUT2D eigenvalue weighted by molar-refractivity contribution is -0.142. The van der Waals surface area contributed by atoms with E-state index in [1.54, 1.807) is 0 Å². The summed E-state index contributed by atoms with van der Waals surface area (Å²) in [5.74, 6) is 2.71. The van der Waals surface area contributed by atoms with Gasteiger partial charge in [0.1, 0.15) is 6.04 Å². The summed E-state index contributed by atoms with van der Waals surface area (Å²) in [7, 11) is 1.45. The predicted octanol–water partition coefficient (Wildman–Crippen LogP) is 0.643. The van der Waals surface area contributed by atoms with Crippen molar-refractivity contribution < 1.29 is 9.53 Å². The SMILES string of the molecule is COC(=O)C1CSCC(C2CC2)N1. The number of ether oxygens (including phenoxy) is 1. The van der Waals surface area contributed by atoms with Gasteiger partial charge in [0.2, 0.25) is 0 Å². The van der Waals surface area contributed by atoms with Crippen LogP contribution in [0.2, 0.25) is 0 Å². The van der Waals surface area contributed by atoms with Gasteiger partial charge in [-0.1, -0.05) is 0 Å². The van der Waals surface area contributed by atoms with E-state index < -0.39 is 0 Å². The first-order valence-corrected chi connectivity index (χ1v) is 5.88. The van der Waals surface area contributed by atoms with Gasteiger partial charge in [-0.25, -0.2) is 0 Å². The molecule has 0 spiro atoms. The quantitative estimate of drug-likeness (QED) is 0.666. The summed E-state index contributed by atoms with van der Waals surface area (Å²) in [4.78, 5) is 11.3. The van der Waals surface area contributed by atoms with Gasteiger partial charge < -0.3 is 4.74 Å². The molecule has 2 atom stereocenters. The third kappa shape index (κ3) is 2.17. The van der Waals surface area contributed by atoms with Crippen molar-refractivity contribution in [1.82, 2.24) is 5.32 Å². The molecule has 2 rings (SSSR count). The molecule has 1 aliphatic heterocycles. The Hall–Kier alpha value is -0.220. The van der Waals surface area contributed by atoms with Crippen LogP contribution in [0.4, 0.5) is 0 Å². The first kappa shape index (κ1) is 9.34. The van der Waals surface area contributed by atoms with Crippen molar-refractivity contribution in [3.63, 3.8) is 0 Å². The van der Waals surface area contributed by atoms with E-state index in [0.717, 1.165) is 17.4 Å². The molecule has 0 aromatic heterocycles. The van der Waals surface area contributed by atoms with E-state index in [-0.39, 0.29) is 12.0 Å². The van der Waals surface area contributed by atoms with Crippen LogP contribution in [0.1, 0.15) is 12.8 Å². The fourth-order valence-corrected chi connectivity index (χ4v) is 2.94. The van der Waals surface area contributed by atoms with Gasteiger partial charge in [-0.2, -0.15) is 11.8 Å². The van der Waals surface area contributed by atoms with Crippen LogP contribution < -0.4 is 5.32 Å².